The van der Waals surface area contributed by atoms with Crippen LogP contribution in [0.4, 0.5) is 5.69 Å². The van der Waals surface area contributed by atoms with Crippen LogP contribution in [0.3, 0.4) is 0 Å². The molecule has 0 atom stereocenters. The second kappa shape index (κ2) is 10.3. The number of aromatic nitrogens is 2. The van der Waals surface area contributed by atoms with E-state index in [4.69, 9.17) is 0 Å². The van der Waals surface area contributed by atoms with Crippen molar-refractivity contribution in [3.63, 3.8) is 0 Å². The van der Waals surface area contributed by atoms with Gasteiger partial charge in [-0.15, -0.1) is 0 Å². The Labute approximate surface area is 197 Å². The third-order valence-corrected chi connectivity index (χ3v) is 5.75. The largest absolute Gasteiger partial charge is 0.290 e. The van der Waals surface area contributed by atoms with Crippen LogP contribution in [0.5, 0.6) is 0 Å². The Kier molecular flexibility index (Phi) is 7.01. The maximum atomic E-state index is 12.9. The minimum Gasteiger partial charge on any atom is -0.267 e. The van der Waals surface area contributed by atoms with E-state index in [-0.39, 0.29) is 11.3 Å². The molecule has 9 nitrogen and oxygen atoms in total. The third-order valence-electron chi connectivity index (χ3n) is 5.75. The van der Waals surface area contributed by atoms with Gasteiger partial charge in [-0.2, -0.15) is 10.2 Å². The summed E-state index contributed by atoms with van der Waals surface area (Å²) in [6.07, 6.45) is 3.68. The molecule has 2 heterocycles. The molecular weight excluding hydrogens is 432 g/mol. The van der Waals surface area contributed by atoms with Crippen LogP contribution < -0.4 is 21.4 Å². The molecule has 176 valence electrons. The minimum atomic E-state index is -0.590. The molecule has 0 bridgehead atoms. The van der Waals surface area contributed by atoms with Gasteiger partial charge in [0, 0.05) is 36.2 Å². The van der Waals surface area contributed by atoms with Crippen molar-refractivity contribution in [2.24, 2.45) is 5.10 Å². The lowest BCUT2D eigenvalue weighted by molar-refractivity contribution is 0.0843. The van der Waals surface area contributed by atoms with E-state index in [1.807, 2.05) is 24.1 Å². The number of fused-ring (bicyclic) bond motifs is 1. The Hall–Kier alpha value is -4.01. The van der Waals surface area contributed by atoms with Crippen molar-refractivity contribution < 1.29 is 9.59 Å². The summed E-state index contributed by atoms with van der Waals surface area (Å²) in [5.41, 5.74) is 7.09. The summed E-state index contributed by atoms with van der Waals surface area (Å²) in [6.45, 7) is 5.30. The third kappa shape index (κ3) is 4.98. The van der Waals surface area contributed by atoms with Crippen LogP contribution in [0.2, 0.25) is 0 Å². The van der Waals surface area contributed by atoms with Crippen LogP contribution in [-0.2, 0) is 6.54 Å². The summed E-state index contributed by atoms with van der Waals surface area (Å²) < 4.78 is 1.33. The van der Waals surface area contributed by atoms with Gasteiger partial charge in [0.25, 0.3) is 17.4 Å². The van der Waals surface area contributed by atoms with E-state index in [0.717, 1.165) is 43.6 Å². The van der Waals surface area contributed by atoms with Gasteiger partial charge in [-0.1, -0.05) is 38.0 Å². The van der Waals surface area contributed by atoms with E-state index >= 15 is 0 Å². The van der Waals surface area contributed by atoms with Crippen LogP contribution in [0.15, 0.2) is 58.4 Å². The molecule has 4 rings (SSSR count). The molecule has 1 aliphatic heterocycles. The van der Waals surface area contributed by atoms with Gasteiger partial charge in [-0.25, -0.2) is 4.68 Å². The first-order valence-electron chi connectivity index (χ1n) is 11.5. The van der Waals surface area contributed by atoms with Crippen molar-refractivity contribution in [1.29, 1.82) is 0 Å². The summed E-state index contributed by atoms with van der Waals surface area (Å²) in [4.78, 5) is 38.3. The number of aryl methyl sites for hydroxylation is 1. The van der Waals surface area contributed by atoms with E-state index in [1.165, 1.54) is 4.68 Å². The summed E-state index contributed by atoms with van der Waals surface area (Å²) in [5.74, 6) is -1.05. The first kappa shape index (κ1) is 23.2. The molecule has 0 aliphatic carbocycles. The predicted octanol–water partition coefficient (Wildman–Crippen LogP) is 3.25. The highest BCUT2D eigenvalue weighted by Crippen LogP contribution is 2.20. The average molecular weight is 461 g/mol. The number of amides is 2. The highest BCUT2D eigenvalue weighted by atomic mass is 16.2. The van der Waals surface area contributed by atoms with E-state index in [9.17, 15) is 14.4 Å². The van der Waals surface area contributed by atoms with Crippen LogP contribution in [0.1, 0.15) is 60.4 Å². The highest BCUT2D eigenvalue weighted by Gasteiger charge is 2.18. The molecule has 0 fully saturated rings. The maximum absolute atomic E-state index is 12.9. The molecule has 2 N–H and O–H groups in total. The number of hydrazine groups is 1. The number of unbranched alkanes of at least 4 members (excludes halogenated alkanes) is 2. The zero-order valence-electron chi connectivity index (χ0n) is 19.4. The fraction of sp³-hybridized carbons (Fsp3) is 0.320. The molecule has 0 spiro atoms. The number of carbonyl (C=O) groups is 2. The van der Waals surface area contributed by atoms with Crippen molar-refractivity contribution >= 4 is 34.0 Å². The lowest BCUT2D eigenvalue weighted by Gasteiger charge is -2.14. The van der Waals surface area contributed by atoms with Crippen LogP contribution >= 0.6 is 0 Å². The van der Waals surface area contributed by atoms with Gasteiger partial charge < -0.3 is 0 Å². The van der Waals surface area contributed by atoms with Crippen molar-refractivity contribution in [3.8, 4) is 0 Å². The second-order valence-corrected chi connectivity index (χ2v) is 8.29. The lowest BCUT2D eigenvalue weighted by Crippen LogP contribution is -2.42. The van der Waals surface area contributed by atoms with Gasteiger partial charge >= 0.3 is 0 Å². The number of benzene rings is 2. The molecule has 0 unspecified atom stereocenters. The SMILES string of the molecule is CCCCCn1nc(C(=O)NNC(=O)c2ccc(N3CCC(C)=N3)cc2)c2ccccc2c1=O. The first-order valence-corrected chi connectivity index (χ1v) is 11.5. The number of hydrogen-bond acceptors (Lipinski definition) is 6. The minimum absolute atomic E-state index is 0.0876. The van der Waals surface area contributed by atoms with Crippen molar-refractivity contribution in [2.75, 3.05) is 11.6 Å². The fourth-order valence-corrected chi connectivity index (χ4v) is 3.86. The molecule has 9 heteroatoms. The van der Waals surface area contributed by atoms with E-state index in [1.54, 1.807) is 36.4 Å². The average Bonchev–Trinajstić information content (AvgIpc) is 3.30. The Balaban J connectivity index is 1.48. The molecule has 1 aliphatic rings. The van der Waals surface area contributed by atoms with Crippen molar-refractivity contribution in [1.82, 2.24) is 20.6 Å². The molecule has 2 aromatic carbocycles. The van der Waals surface area contributed by atoms with E-state index in [0.29, 0.717) is 22.9 Å². The van der Waals surface area contributed by atoms with Crippen LogP contribution in [-0.4, -0.2) is 33.9 Å². The summed E-state index contributed by atoms with van der Waals surface area (Å²) in [5, 5.41) is 11.5. The topological polar surface area (TPSA) is 109 Å². The van der Waals surface area contributed by atoms with Gasteiger partial charge in [-0.3, -0.25) is 30.2 Å². The molecule has 3 aromatic rings. The van der Waals surface area contributed by atoms with Crippen molar-refractivity contribution in [3.05, 3.63) is 70.1 Å². The van der Waals surface area contributed by atoms with Gasteiger partial charge in [0.2, 0.25) is 0 Å². The van der Waals surface area contributed by atoms with E-state index < -0.39 is 11.8 Å². The van der Waals surface area contributed by atoms with Crippen LogP contribution in [0.25, 0.3) is 10.8 Å². The quantitative estimate of drug-likeness (QED) is 0.416. The Morgan fingerprint density at radius 1 is 0.971 bits per heavy atom. The number of rotatable bonds is 7. The van der Waals surface area contributed by atoms with Crippen molar-refractivity contribution in [2.45, 2.75) is 46.1 Å². The molecule has 2 amide bonds. The lowest BCUT2D eigenvalue weighted by atomic mass is 10.1. The molecule has 0 saturated carbocycles. The number of nitrogens with zero attached hydrogens (tertiary/aromatic N) is 4. The van der Waals surface area contributed by atoms with Gasteiger partial charge in [0.15, 0.2) is 5.69 Å². The number of hydrazone groups is 1. The number of carbonyl (C=O) groups excluding carboxylic acids is 2. The summed E-state index contributed by atoms with van der Waals surface area (Å²) in [6, 6.07) is 13.9. The molecule has 1 aromatic heterocycles. The highest BCUT2D eigenvalue weighted by molar-refractivity contribution is 6.06. The second-order valence-electron chi connectivity index (χ2n) is 8.29. The maximum Gasteiger partial charge on any atom is 0.290 e. The molecule has 0 saturated heterocycles. The molecule has 34 heavy (non-hydrogen) atoms. The Morgan fingerprint density at radius 3 is 2.35 bits per heavy atom. The molecular formula is C25H28N6O3. The van der Waals surface area contributed by atoms with Crippen LogP contribution in [0, 0.1) is 0 Å². The van der Waals surface area contributed by atoms with Gasteiger partial charge in [0.05, 0.1) is 11.1 Å². The molecule has 0 radical (unpaired) electrons. The summed E-state index contributed by atoms with van der Waals surface area (Å²) >= 11 is 0. The van der Waals surface area contributed by atoms with Gasteiger partial charge in [-0.05, 0) is 43.7 Å². The zero-order chi connectivity index (χ0) is 24.1. The summed E-state index contributed by atoms with van der Waals surface area (Å²) in [7, 11) is 0. The smallest absolute Gasteiger partial charge is 0.267 e. The number of hydrogen-bond donors (Lipinski definition) is 2. The zero-order valence-corrected chi connectivity index (χ0v) is 19.4. The number of nitrogens with one attached hydrogen (secondary N) is 2. The first-order chi connectivity index (χ1) is 16.5. The standard InChI is InChI=1S/C25H28N6O3/c1-3-4-7-15-31-25(34)21-9-6-5-8-20(21)22(29-31)24(33)27-26-23(32)18-10-12-19(13-11-18)30-16-14-17(2)28-30/h5-6,8-13H,3-4,7,14-16H2,1-2H3,(H,26,32)(H,27,33). The van der Waals surface area contributed by atoms with E-state index in [2.05, 4.69) is 28.0 Å². The van der Waals surface area contributed by atoms with Gasteiger partial charge in [0.1, 0.15) is 0 Å². The normalized spacial score (nSPS) is 13.1. The fourth-order valence-electron chi connectivity index (χ4n) is 3.86. The Bertz CT molecular complexity index is 1300. The number of anilines is 1. The Morgan fingerprint density at radius 2 is 1.68 bits per heavy atom. The predicted molar refractivity (Wildman–Crippen MR) is 132 cm³/mol. The monoisotopic (exact) mass is 460 g/mol.